The van der Waals surface area contributed by atoms with Crippen molar-refractivity contribution in [2.45, 2.75) is 0 Å². The molecule has 0 atom stereocenters. The lowest BCUT2D eigenvalue weighted by atomic mass is 10.3. The minimum absolute atomic E-state index is 0.459. The Morgan fingerprint density at radius 1 is 1.06 bits per heavy atom. The van der Waals surface area contributed by atoms with Gasteiger partial charge in [0.2, 0.25) is 5.89 Å². The van der Waals surface area contributed by atoms with Crippen molar-refractivity contribution < 1.29 is 4.42 Å². The third-order valence-corrected chi connectivity index (χ3v) is 2.84. The number of fused-ring (bicyclic) bond motifs is 1. The highest BCUT2D eigenvalue weighted by Gasteiger charge is 2.11. The number of nitrogens with zero attached hydrogens (tertiary/aromatic N) is 2. The van der Waals surface area contributed by atoms with Crippen molar-refractivity contribution in [1.82, 2.24) is 9.97 Å². The van der Waals surface area contributed by atoms with Crippen LogP contribution in [0.15, 0.2) is 41.1 Å². The third-order valence-electron chi connectivity index (χ3n) is 2.34. The Bertz CT molecular complexity index is 680. The zero-order chi connectivity index (χ0) is 11.8. The lowest BCUT2D eigenvalue weighted by Crippen LogP contribution is -1.76. The first kappa shape index (κ1) is 10.6. The topological polar surface area (TPSA) is 38.9 Å². The monoisotopic (exact) mass is 264 g/mol. The molecule has 0 aliphatic rings. The van der Waals surface area contributed by atoms with Crippen LogP contribution in [0.2, 0.25) is 10.0 Å². The third kappa shape index (κ3) is 1.88. The zero-order valence-corrected chi connectivity index (χ0v) is 10.0. The van der Waals surface area contributed by atoms with Crippen LogP contribution in [0.4, 0.5) is 0 Å². The summed E-state index contributed by atoms with van der Waals surface area (Å²) in [6.45, 7) is 0. The van der Waals surface area contributed by atoms with Gasteiger partial charge < -0.3 is 4.42 Å². The van der Waals surface area contributed by atoms with E-state index in [9.17, 15) is 0 Å². The Balaban J connectivity index is 2.24. The molecule has 0 N–H and O–H groups in total. The molecule has 0 amide bonds. The van der Waals surface area contributed by atoms with Crippen LogP contribution in [0.3, 0.4) is 0 Å². The van der Waals surface area contributed by atoms with E-state index in [1.54, 1.807) is 24.5 Å². The van der Waals surface area contributed by atoms with Gasteiger partial charge in [-0.1, -0.05) is 23.2 Å². The first-order valence-corrected chi connectivity index (χ1v) is 5.65. The predicted molar refractivity (Wildman–Crippen MR) is 67.3 cm³/mol. The lowest BCUT2D eigenvalue weighted by Gasteiger charge is -1.92. The summed E-state index contributed by atoms with van der Waals surface area (Å²) in [6.07, 6.45) is 3.36. The molecular weight excluding hydrogens is 259 g/mol. The molecule has 0 radical (unpaired) electrons. The van der Waals surface area contributed by atoms with Crippen molar-refractivity contribution in [2.24, 2.45) is 0 Å². The first-order chi connectivity index (χ1) is 8.24. The second-order valence-corrected chi connectivity index (χ2v) is 4.33. The fraction of sp³-hybridized carbons (Fsp3) is 0. The second-order valence-electron chi connectivity index (χ2n) is 3.49. The number of oxazole rings is 1. The SMILES string of the molecule is Clc1cc(Cl)c2oc(-c3ccncc3)nc2c1. The summed E-state index contributed by atoms with van der Waals surface area (Å²) < 4.78 is 5.61. The van der Waals surface area contributed by atoms with E-state index in [0.717, 1.165) is 5.56 Å². The van der Waals surface area contributed by atoms with Crippen LogP contribution < -0.4 is 0 Å². The fourth-order valence-corrected chi connectivity index (χ4v) is 2.10. The number of rotatable bonds is 1. The smallest absolute Gasteiger partial charge is 0.227 e. The Hall–Kier alpha value is -1.58. The zero-order valence-electron chi connectivity index (χ0n) is 8.52. The molecule has 0 spiro atoms. The number of halogens is 2. The molecule has 3 nitrogen and oxygen atoms in total. The van der Waals surface area contributed by atoms with Crippen molar-refractivity contribution in [3.05, 3.63) is 46.7 Å². The van der Waals surface area contributed by atoms with Crippen LogP contribution in [0.1, 0.15) is 0 Å². The largest absolute Gasteiger partial charge is 0.435 e. The Morgan fingerprint density at radius 2 is 1.82 bits per heavy atom. The second kappa shape index (κ2) is 4.02. The highest BCUT2D eigenvalue weighted by molar-refractivity contribution is 6.38. The molecule has 0 bridgehead atoms. The molecule has 0 saturated heterocycles. The molecule has 3 aromatic rings. The molecule has 84 valence electrons. The Morgan fingerprint density at radius 3 is 2.59 bits per heavy atom. The maximum absolute atomic E-state index is 6.03. The quantitative estimate of drug-likeness (QED) is 0.662. The van der Waals surface area contributed by atoms with Gasteiger partial charge in [0.15, 0.2) is 5.58 Å². The lowest BCUT2D eigenvalue weighted by molar-refractivity contribution is 0.620. The van der Waals surface area contributed by atoms with E-state index in [2.05, 4.69) is 9.97 Å². The van der Waals surface area contributed by atoms with Gasteiger partial charge in [0.1, 0.15) is 5.52 Å². The van der Waals surface area contributed by atoms with Crippen molar-refractivity contribution in [3.63, 3.8) is 0 Å². The van der Waals surface area contributed by atoms with Gasteiger partial charge in [-0.3, -0.25) is 4.98 Å². The van der Waals surface area contributed by atoms with Crippen LogP contribution in [0.25, 0.3) is 22.6 Å². The van der Waals surface area contributed by atoms with Crippen molar-refractivity contribution in [2.75, 3.05) is 0 Å². The summed E-state index contributed by atoms with van der Waals surface area (Å²) in [5.41, 5.74) is 2.04. The fourth-order valence-electron chi connectivity index (χ4n) is 1.58. The van der Waals surface area contributed by atoms with E-state index in [1.165, 1.54) is 0 Å². The number of pyridine rings is 1. The van der Waals surface area contributed by atoms with E-state index >= 15 is 0 Å². The predicted octanol–water partition coefficient (Wildman–Crippen LogP) is 4.20. The van der Waals surface area contributed by atoms with Crippen LogP contribution in [0, 0.1) is 0 Å². The maximum Gasteiger partial charge on any atom is 0.227 e. The van der Waals surface area contributed by atoms with Crippen LogP contribution in [0.5, 0.6) is 0 Å². The van der Waals surface area contributed by atoms with Gasteiger partial charge in [0, 0.05) is 23.0 Å². The molecule has 0 saturated carbocycles. The summed E-state index contributed by atoms with van der Waals surface area (Å²) in [6, 6.07) is 6.99. The van der Waals surface area contributed by atoms with E-state index in [0.29, 0.717) is 27.0 Å². The van der Waals surface area contributed by atoms with E-state index in [1.807, 2.05) is 12.1 Å². The number of benzene rings is 1. The minimum atomic E-state index is 0.459. The van der Waals surface area contributed by atoms with Gasteiger partial charge in [-0.25, -0.2) is 4.98 Å². The molecule has 2 aromatic heterocycles. The van der Waals surface area contributed by atoms with Gasteiger partial charge in [-0.05, 0) is 24.3 Å². The normalized spacial score (nSPS) is 10.9. The number of aromatic nitrogens is 2. The first-order valence-electron chi connectivity index (χ1n) is 4.90. The van der Waals surface area contributed by atoms with Crippen LogP contribution >= 0.6 is 23.2 Å². The van der Waals surface area contributed by atoms with Crippen molar-refractivity contribution in [3.8, 4) is 11.5 Å². The van der Waals surface area contributed by atoms with Gasteiger partial charge in [0.05, 0.1) is 5.02 Å². The summed E-state index contributed by atoms with van der Waals surface area (Å²) >= 11 is 11.9. The van der Waals surface area contributed by atoms with Crippen molar-refractivity contribution in [1.29, 1.82) is 0 Å². The van der Waals surface area contributed by atoms with Crippen LogP contribution in [-0.2, 0) is 0 Å². The molecule has 2 heterocycles. The van der Waals surface area contributed by atoms with Crippen molar-refractivity contribution >= 4 is 34.3 Å². The molecule has 3 rings (SSSR count). The summed E-state index contributed by atoms with van der Waals surface area (Å²) in [7, 11) is 0. The Kier molecular flexibility index (Phi) is 2.50. The van der Waals surface area contributed by atoms with E-state index in [-0.39, 0.29) is 0 Å². The summed E-state index contributed by atoms with van der Waals surface area (Å²) in [5, 5.41) is 0.998. The number of hydrogen-bond acceptors (Lipinski definition) is 3. The molecule has 0 aliphatic heterocycles. The molecule has 0 fully saturated rings. The highest BCUT2D eigenvalue weighted by Crippen LogP contribution is 2.31. The molecule has 0 unspecified atom stereocenters. The molecule has 1 aromatic carbocycles. The summed E-state index contributed by atoms with van der Waals surface area (Å²) in [4.78, 5) is 8.28. The van der Waals surface area contributed by atoms with E-state index in [4.69, 9.17) is 27.6 Å². The maximum atomic E-state index is 6.03. The van der Waals surface area contributed by atoms with Crippen LogP contribution in [-0.4, -0.2) is 9.97 Å². The standard InChI is InChI=1S/C12H6Cl2N2O/c13-8-5-9(14)11-10(6-8)16-12(17-11)7-1-3-15-4-2-7/h1-6H. The highest BCUT2D eigenvalue weighted by atomic mass is 35.5. The molecular formula is C12H6Cl2N2O. The average Bonchev–Trinajstić information content (AvgIpc) is 2.74. The van der Waals surface area contributed by atoms with Gasteiger partial charge in [-0.2, -0.15) is 0 Å². The minimum Gasteiger partial charge on any atom is -0.435 e. The number of hydrogen-bond donors (Lipinski definition) is 0. The molecule has 0 aliphatic carbocycles. The summed E-state index contributed by atoms with van der Waals surface area (Å²) in [5.74, 6) is 0.506. The molecule has 5 heteroatoms. The van der Waals surface area contributed by atoms with Gasteiger partial charge in [0.25, 0.3) is 0 Å². The average molecular weight is 265 g/mol. The van der Waals surface area contributed by atoms with Gasteiger partial charge >= 0.3 is 0 Å². The van der Waals surface area contributed by atoms with E-state index < -0.39 is 0 Å². The van der Waals surface area contributed by atoms with Gasteiger partial charge in [-0.15, -0.1) is 0 Å². The molecule has 17 heavy (non-hydrogen) atoms. The Labute approximate surface area is 107 Å².